The highest BCUT2D eigenvalue weighted by Gasteiger charge is 2.28. The van der Waals surface area contributed by atoms with Gasteiger partial charge in [-0.1, -0.05) is 13.0 Å². The van der Waals surface area contributed by atoms with Crippen molar-refractivity contribution in [3.05, 3.63) is 66.1 Å². The average molecular weight is 363 g/mol. The van der Waals surface area contributed by atoms with Crippen LogP contribution >= 0.6 is 11.8 Å². The zero-order chi connectivity index (χ0) is 17.9. The van der Waals surface area contributed by atoms with Crippen molar-refractivity contribution in [3.8, 4) is 11.5 Å². The van der Waals surface area contributed by atoms with E-state index in [9.17, 15) is 0 Å². The Morgan fingerprint density at radius 3 is 2.65 bits per heavy atom. The number of anilines is 1. The fourth-order valence-electron chi connectivity index (χ4n) is 3.60. The van der Waals surface area contributed by atoms with Crippen LogP contribution in [0.5, 0.6) is 0 Å². The molecule has 4 nitrogen and oxygen atoms in total. The minimum Gasteiger partial charge on any atom is -0.364 e. The molecular formula is C21H22N4S. The fraction of sp³-hybridized carbons (Fsp3) is 0.286. The van der Waals surface area contributed by atoms with Gasteiger partial charge < -0.3 is 4.90 Å². The lowest BCUT2D eigenvalue weighted by molar-refractivity contribution is 0.556. The van der Waals surface area contributed by atoms with Crippen LogP contribution in [0.1, 0.15) is 30.6 Å². The predicted molar refractivity (Wildman–Crippen MR) is 108 cm³/mol. The maximum Gasteiger partial charge on any atom is 0.178 e. The van der Waals surface area contributed by atoms with Gasteiger partial charge in [-0.3, -0.25) is 4.98 Å². The maximum atomic E-state index is 4.83. The molecule has 1 aromatic carbocycles. The number of hydrogen-bond donors (Lipinski definition) is 0. The van der Waals surface area contributed by atoms with Crippen LogP contribution in [0.15, 0.2) is 59.8 Å². The molecule has 0 N–H and O–H groups in total. The fourth-order valence-corrected chi connectivity index (χ4v) is 4.00. The van der Waals surface area contributed by atoms with E-state index in [-0.39, 0.29) is 0 Å². The molecule has 1 aliphatic heterocycles. The van der Waals surface area contributed by atoms with E-state index in [1.807, 2.05) is 24.4 Å². The first-order valence-corrected chi connectivity index (χ1v) is 10.2. The van der Waals surface area contributed by atoms with Gasteiger partial charge in [0, 0.05) is 41.5 Å². The topological polar surface area (TPSA) is 41.9 Å². The number of thioether (sulfide) groups is 1. The molecule has 1 aliphatic rings. The Hall–Kier alpha value is -2.40. The van der Waals surface area contributed by atoms with Gasteiger partial charge in [-0.25, -0.2) is 9.97 Å². The lowest BCUT2D eigenvalue weighted by Gasteiger charge is -2.38. The highest BCUT2D eigenvalue weighted by atomic mass is 32.2. The van der Waals surface area contributed by atoms with Crippen LogP contribution in [-0.4, -0.2) is 27.8 Å². The lowest BCUT2D eigenvalue weighted by Crippen LogP contribution is -2.36. The summed E-state index contributed by atoms with van der Waals surface area (Å²) in [5, 5.41) is 0. The van der Waals surface area contributed by atoms with Gasteiger partial charge in [0.2, 0.25) is 0 Å². The van der Waals surface area contributed by atoms with Gasteiger partial charge in [-0.15, -0.1) is 11.8 Å². The van der Waals surface area contributed by atoms with Crippen molar-refractivity contribution in [2.45, 2.75) is 30.7 Å². The molecule has 26 heavy (non-hydrogen) atoms. The van der Waals surface area contributed by atoms with Gasteiger partial charge in [0.1, 0.15) is 5.69 Å². The second-order valence-electron chi connectivity index (χ2n) is 6.38. The molecular weight excluding hydrogens is 340 g/mol. The van der Waals surface area contributed by atoms with Crippen LogP contribution in [0.3, 0.4) is 0 Å². The molecule has 0 saturated carbocycles. The van der Waals surface area contributed by atoms with Gasteiger partial charge in [0.25, 0.3) is 0 Å². The lowest BCUT2D eigenvalue weighted by atomic mass is 9.95. The summed E-state index contributed by atoms with van der Waals surface area (Å²) in [7, 11) is 0. The summed E-state index contributed by atoms with van der Waals surface area (Å²) in [6.45, 7) is 3.21. The van der Waals surface area contributed by atoms with Crippen LogP contribution < -0.4 is 4.90 Å². The van der Waals surface area contributed by atoms with Crippen LogP contribution in [0.4, 0.5) is 5.69 Å². The highest BCUT2D eigenvalue weighted by molar-refractivity contribution is 7.98. The molecule has 0 saturated heterocycles. The molecule has 4 rings (SSSR count). The first-order chi connectivity index (χ1) is 12.8. The molecule has 0 spiro atoms. The Morgan fingerprint density at radius 2 is 1.96 bits per heavy atom. The Labute approximate surface area is 158 Å². The molecule has 132 valence electrons. The van der Waals surface area contributed by atoms with E-state index in [0.717, 1.165) is 36.6 Å². The smallest absolute Gasteiger partial charge is 0.178 e. The van der Waals surface area contributed by atoms with E-state index in [4.69, 9.17) is 4.98 Å². The number of benzene rings is 1. The van der Waals surface area contributed by atoms with E-state index < -0.39 is 0 Å². The molecule has 0 bridgehead atoms. The first kappa shape index (κ1) is 17.0. The Morgan fingerprint density at radius 1 is 1.12 bits per heavy atom. The number of aromatic nitrogens is 3. The van der Waals surface area contributed by atoms with E-state index in [1.165, 1.54) is 16.1 Å². The van der Waals surface area contributed by atoms with Gasteiger partial charge in [-0.05, 0) is 49.1 Å². The number of nitrogens with zero attached hydrogens (tertiary/aromatic N) is 4. The zero-order valence-electron chi connectivity index (χ0n) is 15.1. The molecule has 0 aliphatic carbocycles. The third kappa shape index (κ3) is 3.19. The van der Waals surface area contributed by atoms with E-state index in [0.29, 0.717) is 6.04 Å². The summed E-state index contributed by atoms with van der Waals surface area (Å²) in [6, 6.07) is 15.0. The second kappa shape index (κ2) is 7.46. The third-order valence-corrected chi connectivity index (χ3v) is 5.65. The zero-order valence-corrected chi connectivity index (χ0v) is 15.9. The second-order valence-corrected chi connectivity index (χ2v) is 7.26. The van der Waals surface area contributed by atoms with Gasteiger partial charge >= 0.3 is 0 Å². The van der Waals surface area contributed by atoms with Crippen molar-refractivity contribution in [3.63, 3.8) is 0 Å². The molecule has 3 heterocycles. The highest BCUT2D eigenvalue weighted by Crippen LogP contribution is 2.35. The van der Waals surface area contributed by atoms with Crippen LogP contribution in [0.2, 0.25) is 0 Å². The summed E-state index contributed by atoms with van der Waals surface area (Å²) >= 11 is 1.77. The minimum absolute atomic E-state index is 0.316. The maximum absolute atomic E-state index is 4.83. The summed E-state index contributed by atoms with van der Waals surface area (Å²) in [5.41, 5.74) is 4.50. The predicted octanol–water partition coefficient (Wildman–Crippen LogP) is 4.77. The summed E-state index contributed by atoms with van der Waals surface area (Å²) in [4.78, 5) is 17.6. The Bertz CT molecular complexity index is 880. The van der Waals surface area contributed by atoms with Crippen molar-refractivity contribution in [1.82, 2.24) is 15.0 Å². The number of pyridine rings is 1. The molecule has 2 aromatic heterocycles. The van der Waals surface area contributed by atoms with Crippen molar-refractivity contribution in [2.75, 3.05) is 17.7 Å². The Kier molecular flexibility index (Phi) is 4.89. The molecule has 1 atom stereocenters. The number of hydrogen-bond acceptors (Lipinski definition) is 5. The van der Waals surface area contributed by atoms with Crippen molar-refractivity contribution < 1.29 is 0 Å². The van der Waals surface area contributed by atoms with E-state index in [2.05, 4.69) is 52.3 Å². The quantitative estimate of drug-likeness (QED) is 0.625. The standard InChI is InChI=1S/C21H22N4S/c1-3-20-17-14-23-21(19-6-4-5-12-22-19)24-18(17)11-13-25(20)15-7-9-16(26-2)10-8-15/h4-10,12,14,20H,3,11,13H2,1-2H3. The summed E-state index contributed by atoms with van der Waals surface area (Å²) in [6.07, 6.45) is 7.86. The van der Waals surface area contributed by atoms with E-state index in [1.54, 1.807) is 18.0 Å². The van der Waals surface area contributed by atoms with Crippen LogP contribution in [-0.2, 0) is 6.42 Å². The molecule has 0 radical (unpaired) electrons. The third-order valence-electron chi connectivity index (χ3n) is 4.91. The number of fused-ring (bicyclic) bond motifs is 1. The molecule has 5 heteroatoms. The van der Waals surface area contributed by atoms with Crippen molar-refractivity contribution in [2.24, 2.45) is 0 Å². The van der Waals surface area contributed by atoms with Gasteiger partial charge in [-0.2, -0.15) is 0 Å². The molecule has 1 unspecified atom stereocenters. The monoisotopic (exact) mass is 362 g/mol. The minimum atomic E-state index is 0.316. The van der Waals surface area contributed by atoms with Crippen LogP contribution in [0.25, 0.3) is 11.5 Å². The SMILES string of the molecule is CCC1c2cnc(-c3ccccn3)nc2CCN1c1ccc(SC)cc1. The van der Waals surface area contributed by atoms with Gasteiger partial charge in [0.15, 0.2) is 5.82 Å². The molecule has 0 fully saturated rings. The molecule has 0 amide bonds. The van der Waals surface area contributed by atoms with Crippen LogP contribution in [0, 0.1) is 0 Å². The molecule has 3 aromatic rings. The summed E-state index contributed by atoms with van der Waals surface area (Å²) < 4.78 is 0. The average Bonchev–Trinajstić information content (AvgIpc) is 2.73. The van der Waals surface area contributed by atoms with Crippen molar-refractivity contribution in [1.29, 1.82) is 0 Å². The van der Waals surface area contributed by atoms with Crippen molar-refractivity contribution >= 4 is 17.4 Å². The summed E-state index contributed by atoms with van der Waals surface area (Å²) in [5.74, 6) is 0.719. The van der Waals surface area contributed by atoms with Gasteiger partial charge in [0.05, 0.1) is 11.7 Å². The number of rotatable bonds is 4. The first-order valence-electron chi connectivity index (χ1n) is 8.98. The largest absolute Gasteiger partial charge is 0.364 e. The normalized spacial score (nSPS) is 16.4. The van der Waals surface area contributed by atoms with E-state index >= 15 is 0 Å². The Balaban J connectivity index is 1.66.